The predicted molar refractivity (Wildman–Crippen MR) is 64.2 cm³/mol. The van der Waals surface area contributed by atoms with Gasteiger partial charge in [-0.2, -0.15) is 0 Å². The van der Waals surface area contributed by atoms with Crippen molar-refractivity contribution < 1.29 is 0 Å². The molecule has 14 heavy (non-hydrogen) atoms. The van der Waals surface area contributed by atoms with Crippen molar-refractivity contribution in [3.63, 3.8) is 0 Å². The Morgan fingerprint density at radius 2 is 1.86 bits per heavy atom. The minimum absolute atomic E-state index is 0.615. The van der Waals surface area contributed by atoms with Gasteiger partial charge in [0.1, 0.15) is 0 Å². The maximum absolute atomic E-state index is 2.38. The number of hydrogen-bond acceptors (Lipinski definition) is 0. The highest BCUT2D eigenvalue weighted by Crippen LogP contribution is 2.23. The zero-order valence-electron chi connectivity index (χ0n) is 9.46. The second kappa shape index (κ2) is 5.64. The van der Waals surface area contributed by atoms with E-state index in [1.165, 1.54) is 24.0 Å². The van der Waals surface area contributed by atoms with Gasteiger partial charge in [-0.05, 0) is 23.5 Å². The molecule has 0 fully saturated rings. The lowest BCUT2D eigenvalue weighted by atomic mass is 9.94. The van der Waals surface area contributed by atoms with E-state index >= 15 is 0 Å². The van der Waals surface area contributed by atoms with Crippen molar-refractivity contribution in [3.05, 3.63) is 42.0 Å². The Hall–Kier alpha value is -1.04. The molecule has 0 nitrogen and oxygen atoms in total. The summed E-state index contributed by atoms with van der Waals surface area (Å²) < 4.78 is 0. The summed E-state index contributed by atoms with van der Waals surface area (Å²) in [6.07, 6.45) is 4.78. The minimum atomic E-state index is 0.615. The van der Waals surface area contributed by atoms with E-state index in [2.05, 4.69) is 57.2 Å². The molecule has 76 valence electrons. The molecule has 0 heteroatoms. The molecule has 0 aliphatic rings. The van der Waals surface area contributed by atoms with Crippen LogP contribution in [0.3, 0.4) is 0 Å². The van der Waals surface area contributed by atoms with E-state index in [0.717, 1.165) is 0 Å². The molecular weight excluding hydrogens is 168 g/mol. The second-order valence-corrected chi connectivity index (χ2v) is 3.97. The third-order valence-electron chi connectivity index (χ3n) is 2.38. The van der Waals surface area contributed by atoms with E-state index in [-0.39, 0.29) is 0 Å². The number of rotatable bonds is 4. The lowest BCUT2D eigenvalue weighted by molar-refractivity contribution is 0.843. The van der Waals surface area contributed by atoms with Gasteiger partial charge in [-0.25, -0.2) is 0 Å². The summed E-state index contributed by atoms with van der Waals surface area (Å²) in [5, 5.41) is 0. The maximum atomic E-state index is 2.38. The first kappa shape index (κ1) is 11.0. The molecule has 0 bridgehead atoms. The largest absolute Gasteiger partial charge is 0.0805 e. The summed E-state index contributed by atoms with van der Waals surface area (Å²) in [4.78, 5) is 0. The van der Waals surface area contributed by atoms with E-state index in [1.807, 2.05) is 0 Å². The first-order chi connectivity index (χ1) is 6.75. The predicted octanol–water partition coefficient (Wildman–Crippen LogP) is 4.53. The highest BCUT2D eigenvalue weighted by molar-refractivity contribution is 5.66. The zero-order chi connectivity index (χ0) is 10.4. The van der Waals surface area contributed by atoms with Gasteiger partial charge in [-0.15, -0.1) is 0 Å². The fourth-order valence-electron chi connectivity index (χ4n) is 1.62. The molecule has 0 spiro atoms. The van der Waals surface area contributed by atoms with Gasteiger partial charge in [0.15, 0.2) is 0 Å². The monoisotopic (exact) mass is 188 g/mol. The van der Waals surface area contributed by atoms with Crippen LogP contribution in [0.25, 0.3) is 5.57 Å². The molecular formula is C14H20. The summed E-state index contributed by atoms with van der Waals surface area (Å²) in [6.45, 7) is 6.74. The molecule has 0 saturated carbocycles. The molecule has 1 aromatic rings. The summed E-state index contributed by atoms with van der Waals surface area (Å²) >= 11 is 0. The molecule has 0 amide bonds. The highest BCUT2D eigenvalue weighted by Gasteiger charge is 2.04. The van der Waals surface area contributed by atoms with Crippen molar-refractivity contribution in [2.24, 2.45) is 5.92 Å². The molecule has 1 rings (SSSR count). The van der Waals surface area contributed by atoms with Crippen molar-refractivity contribution in [1.82, 2.24) is 0 Å². The van der Waals surface area contributed by atoms with E-state index in [4.69, 9.17) is 0 Å². The molecule has 0 heterocycles. The lowest BCUT2D eigenvalue weighted by Crippen LogP contribution is -1.93. The van der Waals surface area contributed by atoms with E-state index in [9.17, 15) is 0 Å². The molecule has 0 atom stereocenters. The first-order valence-electron chi connectivity index (χ1n) is 5.51. The van der Waals surface area contributed by atoms with E-state index < -0.39 is 0 Å². The fourth-order valence-corrected chi connectivity index (χ4v) is 1.62. The Morgan fingerprint density at radius 1 is 1.21 bits per heavy atom. The summed E-state index contributed by atoms with van der Waals surface area (Å²) in [5.41, 5.74) is 2.85. The van der Waals surface area contributed by atoms with Crippen molar-refractivity contribution in [2.75, 3.05) is 0 Å². The number of unbranched alkanes of at least 4 members (excludes halogenated alkanes) is 1. The average molecular weight is 188 g/mol. The molecule has 0 saturated heterocycles. The van der Waals surface area contributed by atoms with E-state index in [0.29, 0.717) is 5.92 Å². The van der Waals surface area contributed by atoms with Crippen LogP contribution in [0.15, 0.2) is 36.4 Å². The third-order valence-corrected chi connectivity index (χ3v) is 2.38. The molecule has 0 aromatic heterocycles. The topological polar surface area (TPSA) is 0 Å². The molecule has 1 aromatic carbocycles. The van der Waals surface area contributed by atoms with Crippen LogP contribution in [0.1, 0.15) is 39.2 Å². The number of hydrogen-bond donors (Lipinski definition) is 0. The molecule has 0 aliphatic carbocycles. The third kappa shape index (κ3) is 3.02. The van der Waals surface area contributed by atoms with Gasteiger partial charge in [-0.3, -0.25) is 0 Å². The quantitative estimate of drug-likeness (QED) is 0.651. The number of benzene rings is 1. The van der Waals surface area contributed by atoms with Crippen LogP contribution in [-0.4, -0.2) is 0 Å². The van der Waals surface area contributed by atoms with Crippen molar-refractivity contribution in [3.8, 4) is 0 Å². The highest BCUT2D eigenvalue weighted by atomic mass is 14.1. The molecule has 0 radical (unpaired) electrons. The van der Waals surface area contributed by atoms with Gasteiger partial charge in [-0.1, -0.05) is 63.6 Å². The van der Waals surface area contributed by atoms with Gasteiger partial charge < -0.3 is 0 Å². The summed E-state index contributed by atoms with van der Waals surface area (Å²) in [7, 11) is 0. The van der Waals surface area contributed by atoms with Crippen molar-refractivity contribution in [1.29, 1.82) is 0 Å². The minimum Gasteiger partial charge on any atom is -0.0805 e. The smallest absolute Gasteiger partial charge is 0.0216 e. The lowest BCUT2D eigenvalue weighted by Gasteiger charge is -2.11. The molecule has 0 N–H and O–H groups in total. The second-order valence-electron chi connectivity index (χ2n) is 3.97. The maximum Gasteiger partial charge on any atom is -0.0216 e. The molecule has 0 aliphatic heterocycles. The Morgan fingerprint density at radius 3 is 2.36 bits per heavy atom. The van der Waals surface area contributed by atoms with Gasteiger partial charge in [0.05, 0.1) is 0 Å². The van der Waals surface area contributed by atoms with Crippen LogP contribution in [0.2, 0.25) is 0 Å². The summed E-state index contributed by atoms with van der Waals surface area (Å²) in [5.74, 6) is 0.615. The first-order valence-corrected chi connectivity index (χ1v) is 5.51. The normalized spacial score (nSPS) is 12.1. The Bertz CT molecular complexity index is 280. The average Bonchev–Trinajstić information content (AvgIpc) is 2.19. The number of allylic oxidation sites excluding steroid dienone is 2. The van der Waals surface area contributed by atoms with Gasteiger partial charge in [0.2, 0.25) is 0 Å². The van der Waals surface area contributed by atoms with Crippen LogP contribution in [0.4, 0.5) is 0 Å². The van der Waals surface area contributed by atoms with Crippen LogP contribution in [0, 0.1) is 5.92 Å². The van der Waals surface area contributed by atoms with Crippen molar-refractivity contribution >= 4 is 5.57 Å². The van der Waals surface area contributed by atoms with Gasteiger partial charge in [0.25, 0.3) is 0 Å². The van der Waals surface area contributed by atoms with Crippen LogP contribution in [-0.2, 0) is 0 Å². The Balaban J connectivity index is 2.89. The molecule has 0 unspecified atom stereocenters. The van der Waals surface area contributed by atoms with Gasteiger partial charge >= 0.3 is 0 Å². The van der Waals surface area contributed by atoms with Crippen LogP contribution in [0.5, 0.6) is 0 Å². The van der Waals surface area contributed by atoms with E-state index in [1.54, 1.807) is 0 Å². The van der Waals surface area contributed by atoms with Crippen LogP contribution >= 0.6 is 0 Å². The SMILES string of the molecule is CCCC=C(c1ccccc1)C(C)C. The van der Waals surface area contributed by atoms with Crippen molar-refractivity contribution in [2.45, 2.75) is 33.6 Å². The van der Waals surface area contributed by atoms with Crippen LogP contribution < -0.4 is 0 Å². The Labute approximate surface area is 87.7 Å². The fraction of sp³-hybridized carbons (Fsp3) is 0.429. The zero-order valence-corrected chi connectivity index (χ0v) is 9.46. The Kier molecular flexibility index (Phi) is 4.45. The standard InChI is InChI=1S/C14H20/c1-4-5-11-14(12(2)3)13-9-7-6-8-10-13/h6-12H,4-5H2,1-3H3. The van der Waals surface area contributed by atoms with Gasteiger partial charge in [0, 0.05) is 0 Å². The summed E-state index contributed by atoms with van der Waals surface area (Å²) in [6, 6.07) is 10.7.